The highest BCUT2D eigenvalue weighted by molar-refractivity contribution is 9.09. The minimum absolute atomic E-state index is 0.245. The van der Waals surface area contributed by atoms with Crippen LogP contribution in [0, 0.1) is 23.4 Å². The smallest absolute Gasteiger partial charge is 0.257 e. The molecule has 0 aliphatic rings. The van der Waals surface area contributed by atoms with Gasteiger partial charge in [0, 0.05) is 24.0 Å². The van der Waals surface area contributed by atoms with Crippen molar-refractivity contribution in [1.82, 2.24) is 5.32 Å². The molecule has 1 aromatic carbocycles. The number of benzene rings is 1. The van der Waals surface area contributed by atoms with Crippen molar-refractivity contribution in [2.45, 2.75) is 26.2 Å². The van der Waals surface area contributed by atoms with Gasteiger partial charge in [0.1, 0.15) is 23.0 Å². The first-order chi connectivity index (χ1) is 9.49. The van der Waals surface area contributed by atoms with Gasteiger partial charge in [-0.2, -0.15) is 0 Å². The van der Waals surface area contributed by atoms with E-state index in [1.54, 1.807) is 0 Å². The zero-order valence-electron chi connectivity index (χ0n) is 11.2. The first-order valence-electron chi connectivity index (χ1n) is 6.48. The fraction of sp³-hybridized carbons (Fsp3) is 0.500. The quantitative estimate of drug-likeness (QED) is 0.738. The van der Waals surface area contributed by atoms with E-state index < -0.39 is 28.9 Å². The van der Waals surface area contributed by atoms with Crippen LogP contribution in [-0.4, -0.2) is 17.8 Å². The Morgan fingerprint density at radius 3 is 2.35 bits per heavy atom. The fourth-order valence-corrected chi connectivity index (χ4v) is 2.64. The normalized spacial score (nSPS) is 12.2. The summed E-state index contributed by atoms with van der Waals surface area (Å²) in [7, 11) is 0. The van der Waals surface area contributed by atoms with Crippen molar-refractivity contribution in [3.8, 4) is 0 Å². The third-order valence-electron chi connectivity index (χ3n) is 3.00. The molecule has 0 radical (unpaired) electrons. The number of nitrogens with one attached hydrogen (secondary N) is 1. The third kappa shape index (κ3) is 4.81. The lowest BCUT2D eigenvalue weighted by Gasteiger charge is -2.16. The lowest BCUT2D eigenvalue weighted by Crippen LogP contribution is -2.31. The highest BCUT2D eigenvalue weighted by Gasteiger charge is 2.19. The van der Waals surface area contributed by atoms with Gasteiger partial charge in [-0.25, -0.2) is 13.2 Å². The van der Waals surface area contributed by atoms with Crippen LogP contribution < -0.4 is 5.32 Å². The topological polar surface area (TPSA) is 29.1 Å². The first kappa shape index (κ1) is 17.0. The third-order valence-corrected chi connectivity index (χ3v) is 3.46. The molecule has 112 valence electrons. The van der Waals surface area contributed by atoms with Crippen LogP contribution in [0.25, 0.3) is 0 Å². The van der Waals surface area contributed by atoms with E-state index in [0.717, 1.165) is 24.6 Å². The second-order valence-corrected chi connectivity index (χ2v) is 5.38. The summed E-state index contributed by atoms with van der Waals surface area (Å²) in [5.74, 6) is -4.02. The molecular weight excluding hydrogens is 335 g/mol. The molecule has 0 fully saturated rings. The summed E-state index contributed by atoms with van der Waals surface area (Å²) in [6.07, 6.45) is 2.75. The lowest BCUT2D eigenvalue weighted by molar-refractivity contribution is 0.0937. The molecule has 1 rings (SSSR count). The van der Waals surface area contributed by atoms with Crippen molar-refractivity contribution in [3.05, 3.63) is 35.1 Å². The zero-order chi connectivity index (χ0) is 15.1. The van der Waals surface area contributed by atoms with Crippen molar-refractivity contribution < 1.29 is 18.0 Å². The molecule has 0 saturated heterocycles. The predicted octanol–water partition coefficient (Wildman–Crippen LogP) is 4.04. The Morgan fingerprint density at radius 1 is 1.25 bits per heavy atom. The van der Waals surface area contributed by atoms with Gasteiger partial charge in [0.25, 0.3) is 5.91 Å². The molecule has 1 amide bonds. The fourth-order valence-electron chi connectivity index (χ4n) is 2.00. The molecule has 1 aromatic rings. The second-order valence-electron chi connectivity index (χ2n) is 4.59. The van der Waals surface area contributed by atoms with Crippen LogP contribution in [0.4, 0.5) is 13.2 Å². The Bertz CT molecular complexity index is 439. The molecule has 1 unspecified atom stereocenters. The van der Waals surface area contributed by atoms with E-state index in [-0.39, 0.29) is 5.92 Å². The Hall–Kier alpha value is -1.04. The maximum absolute atomic E-state index is 13.4. The first-order valence-corrected chi connectivity index (χ1v) is 7.60. The maximum Gasteiger partial charge on any atom is 0.257 e. The molecule has 20 heavy (non-hydrogen) atoms. The molecule has 2 nitrogen and oxygen atoms in total. The molecule has 1 N–H and O–H groups in total. The number of carbonyl (C=O) groups is 1. The number of rotatable bonds is 7. The van der Waals surface area contributed by atoms with Crippen LogP contribution in [-0.2, 0) is 0 Å². The lowest BCUT2D eigenvalue weighted by atomic mass is 10.0. The van der Waals surface area contributed by atoms with E-state index >= 15 is 0 Å². The van der Waals surface area contributed by atoms with Crippen LogP contribution in [0.15, 0.2) is 12.1 Å². The molecule has 0 bridgehead atoms. The standard InChI is InChI=1S/C14H17BrF3NO/c1-2-3-9(4-5-15)8-19-14(20)13-11(17)6-10(16)7-12(13)18/h6-7,9H,2-5,8H2,1H3,(H,19,20). The number of alkyl halides is 1. The SMILES string of the molecule is CCCC(CCBr)CNC(=O)c1c(F)cc(F)cc1F. The molecule has 0 aliphatic carbocycles. The van der Waals surface area contributed by atoms with Gasteiger partial charge in [-0.05, 0) is 18.8 Å². The number of halogens is 4. The largest absolute Gasteiger partial charge is 0.352 e. The van der Waals surface area contributed by atoms with Gasteiger partial charge in [0.15, 0.2) is 0 Å². The van der Waals surface area contributed by atoms with Crippen LogP contribution >= 0.6 is 15.9 Å². The van der Waals surface area contributed by atoms with Gasteiger partial charge in [0.2, 0.25) is 0 Å². The maximum atomic E-state index is 13.4. The van der Waals surface area contributed by atoms with Crippen LogP contribution in [0.3, 0.4) is 0 Å². The van der Waals surface area contributed by atoms with Crippen molar-refractivity contribution in [3.63, 3.8) is 0 Å². The summed E-state index contributed by atoms with van der Waals surface area (Å²) in [6.45, 7) is 2.37. The second kappa shape index (κ2) is 8.29. The van der Waals surface area contributed by atoms with Crippen LogP contribution in [0.5, 0.6) is 0 Å². The van der Waals surface area contributed by atoms with E-state index in [1.807, 2.05) is 6.92 Å². The highest BCUT2D eigenvalue weighted by atomic mass is 79.9. The van der Waals surface area contributed by atoms with Gasteiger partial charge >= 0.3 is 0 Å². The Morgan fingerprint density at radius 2 is 1.85 bits per heavy atom. The molecular formula is C14H17BrF3NO. The summed E-state index contributed by atoms with van der Waals surface area (Å²) >= 11 is 3.33. The van der Waals surface area contributed by atoms with Crippen molar-refractivity contribution in [2.24, 2.45) is 5.92 Å². The minimum atomic E-state index is -1.19. The molecule has 1 atom stereocenters. The zero-order valence-corrected chi connectivity index (χ0v) is 12.8. The van der Waals surface area contributed by atoms with E-state index in [9.17, 15) is 18.0 Å². The predicted molar refractivity (Wildman–Crippen MR) is 75.5 cm³/mol. The summed E-state index contributed by atoms with van der Waals surface area (Å²) in [6, 6.07) is 1.00. The van der Waals surface area contributed by atoms with Gasteiger partial charge in [-0.15, -0.1) is 0 Å². The number of hydrogen-bond acceptors (Lipinski definition) is 1. The summed E-state index contributed by atoms with van der Waals surface area (Å²) in [5.41, 5.74) is -0.736. The van der Waals surface area contributed by atoms with Gasteiger partial charge in [0.05, 0.1) is 0 Å². The van der Waals surface area contributed by atoms with Crippen molar-refractivity contribution in [2.75, 3.05) is 11.9 Å². The Labute approximate surface area is 124 Å². The van der Waals surface area contributed by atoms with Gasteiger partial charge < -0.3 is 5.32 Å². The van der Waals surface area contributed by atoms with Crippen molar-refractivity contribution >= 4 is 21.8 Å². The molecule has 0 aromatic heterocycles. The van der Waals surface area contributed by atoms with Crippen molar-refractivity contribution in [1.29, 1.82) is 0 Å². The Kier molecular flexibility index (Phi) is 7.05. The molecule has 0 aliphatic heterocycles. The van der Waals surface area contributed by atoms with E-state index in [4.69, 9.17) is 0 Å². The highest BCUT2D eigenvalue weighted by Crippen LogP contribution is 2.16. The van der Waals surface area contributed by atoms with Crippen LogP contribution in [0.2, 0.25) is 0 Å². The van der Waals surface area contributed by atoms with Gasteiger partial charge in [-0.1, -0.05) is 29.3 Å². The number of amides is 1. The molecule has 6 heteroatoms. The van der Waals surface area contributed by atoms with E-state index in [0.29, 0.717) is 18.7 Å². The monoisotopic (exact) mass is 351 g/mol. The molecule has 0 heterocycles. The average molecular weight is 352 g/mol. The van der Waals surface area contributed by atoms with Gasteiger partial charge in [-0.3, -0.25) is 4.79 Å². The Balaban J connectivity index is 2.71. The van der Waals surface area contributed by atoms with E-state index in [1.165, 1.54) is 0 Å². The summed E-state index contributed by atoms with van der Waals surface area (Å²) < 4.78 is 39.6. The van der Waals surface area contributed by atoms with E-state index in [2.05, 4.69) is 21.2 Å². The minimum Gasteiger partial charge on any atom is -0.352 e. The van der Waals surface area contributed by atoms with Crippen LogP contribution in [0.1, 0.15) is 36.5 Å². The molecule has 0 saturated carbocycles. The molecule has 0 spiro atoms. The number of hydrogen-bond donors (Lipinski definition) is 1. The summed E-state index contributed by atoms with van der Waals surface area (Å²) in [4.78, 5) is 11.8. The number of carbonyl (C=O) groups excluding carboxylic acids is 1. The average Bonchev–Trinajstić information content (AvgIpc) is 2.35. The summed E-state index contributed by atoms with van der Waals surface area (Å²) in [5, 5.41) is 3.31.